The minimum absolute atomic E-state index is 0.0272. The third kappa shape index (κ3) is 4.48. The lowest BCUT2D eigenvalue weighted by molar-refractivity contribution is -0.115. The van der Waals surface area contributed by atoms with Crippen molar-refractivity contribution in [3.05, 3.63) is 50.9 Å². The summed E-state index contributed by atoms with van der Waals surface area (Å²) in [5.74, 6) is -0.177. The molecule has 0 aliphatic heterocycles. The van der Waals surface area contributed by atoms with E-state index in [0.717, 1.165) is 28.6 Å². The highest BCUT2D eigenvalue weighted by molar-refractivity contribution is 8.00. The number of nitrogens with zero attached hydrogens (tertiary/aromatic N) is 2. The van der Waals surface area contributed by atoms with Crippen LogP contribution in [0.15, 0.2) is 28.2 Å². The van der Waals surface area contributed by atoms with Gasteiger partial charge in [-0.3, -0.25) is 9.59 Å². The van der Waals surface area contributed by atoms with Crippen molar-refractivity contribution in [1.29, 1.82) is 5.26 Å². The van der Waals surface area contributed by atoms with E-state index in [0.29, 0.717) is 17.3 Å². The molecule has 2 aromatic rings. The monoisotopic (exact) mass is 356 g/mol. The number of aromatic nitrogens is 2. The Bertz CT molecular complexity index is 899. The standard InChI is InChI=1S/C18H20N4O2S/c1-5-14-13(9-19)17(24)22-18(21-14)25-12(4)16(23)20-15-8-10(2)6-7-11(15)3/h6-8,12H,5H2,1-4H3,(H,20,23)(H,21,22,24)/t12-/m1/s1. The van der Waals surface area contributed by atoms with E-state index in [-0.39, 0.29) is 11.5 Å². The molecule has 0 aliphatic rings. The molecule has 0 aliphatic carbocycles. The summed E-state index contributed by atoms with van der Waals surface area (Å²) < 4.78 is 0. The highest BCUT2D eigenvalue weighted by Gasteiger charge is 2.18. The van der Waals surface area contributed by atoms with Gasteiger partial charge in [-0.15, -0.1) is 0 Å². The SMILES string of the molecule is CCc1nc(S[C@H](C)C(=O)Nc2cc(C)ccc2C)[nH]c(=O)c1C#N. The van der Waals surface area contributed by atoms with E-state index in [1.54, 1.807) is 6.92 Å². The summed E-state index contributed by atoms with van der Waals surface area (Å²) in [6.45, 7) is 7.47. The zero-order valence-electron chi connectivity index (χ0n) is 14.6. The Morgan fingerprint density at radius 1 is 1.44 bits per heavy atom. The van der Waals surface area contributed by atoms with E-state index in [2.05, 4.69) is 15.3 Å². The number of rotatable bonds is 5. The Balaban J connectivity index is 2.16. The van der Waals surface area contributed by atoms with Gasteiger partial charge in [0.25, 0.3) is 5.56 Å². The maximum Gasteiger partial charge on any atom is 0.269 e. The highest BCUT2D eigenvalue weighted by atomic mass is 32.2. The summed E-state index contributed by atoms with van der Waals surface area (Å²) in [5.41, 5.74) is 2.81. The molecule has 2 rings (SSSR count). The van der Waals surface area contributed by atoms with Crippen molar-refractivity contribution >= 4 is 23.4 Å². The van der Waals surface area contributed by atoms with Gasteiger partial charge in [0.05, 0.1) is 10.9 Å². The zero-order chi connectivity index (χ0) is 18.6. The summed E-state index contributed by atoms with van der Waals surface area (Å²) in [4.78, 5) is 31.2. The molecule has 0 fully saturated rings. The largest absolute Gasteiger partial charge is 0.325 e. The third-order valence-electron chi connectivity index (χ3n) is 3.73. The summed E-state index contributed by atoms with van der Waals surface area (Å²) in [5, 5.41) is 11.8. The van der Waals surface area contributed by atoms with E-state index in [1.165, 1.54) is 0 Å². The van der Waals surface area contributed by atoms with Crippen molar-refractivity contribution in [2.24, 2.45) is 0 Å². The molecule has 1 aromatic heterocycles. The first-order chi connectivity index (χ1) is 11.8. The minimum Gasteiger partial charge on any atom is -0.325 e. The topological polar surface area (TPSA) is 98.6 Å². The van der Waals surface area contributed by atoms with Crippen LogP contribution in [-0.4, -0.2) is 21.1 Å². The second-order valence-corrected chi connectivity index (χ2v) is 7.06. The maximum atomic E-state index is 12.4. The van der Waals surface area contributed by atoms with E-state index in [1.807, 2.05) is 45.0 Å². The minimum atomic E-state index is -0.473. The van der Waals surface area contributed by atoms with Crippen LogP contribution in [0.25, 0.3) is 0 Å². The Hall–Kier alpha value is -2.59. The van der Waals surface area contributed by atoms with E-state index in [4.69, 9.17) is 5.26 Å². The molecule has 6 nitrogen and oxygen atoms in total. The number of benzene rings is 1. The molecule has 130 valence electrons. The molecule has 1 heterocycles. The van der Waals surface area contributed by atoms with E-state index in [9.17, 15) is 9.59 Å². The predicted octanol–water partition coefficient (Wildman–Crippen LogP) is 2.94. The average Bonchev–Trinajstić information content (AvgIpc) is 2.57. The molecule has 0 bridgehead atoms. The average molecular weight is 356 g/mol. The molecule has 0 radical (unpaired) electrons. The van der Waals surface area contributed by atoms with Crippen molar-refractivity contribution in [2.45, 2.75) is 44.5 Å². The van der Waals surface area contributed by atoms with Crippen molar-refractivity contribution in [1.82, 2.24) is 9.97 Å². The number of aromatic amines is 1. The number of carbonyl (C=O) groups excluding carboxylic acids is 1. The van der Waals surface area contributed by atoms with Crippen molar-refractivity contribution in [3.63, 3.8) is 0 Å². The molecule has 1 atom stereocenters. The summed E-state index contributed by atoms with van der Waals surface area (Å²) in [6, 6.07) is 7.73. The van der Waals surface area contributed by atoms with Gasteiger partial charge in [0.15, 0.2) is 5.16 Å². The van der Waals surface area contributed by atoms with Gasteiger partial charge in [-0.05, 0) is 44.4 Å². The number of carbonyl (C=O) groups is 1. The number of amides is 1. The van der Waals surface area contributed by atoms with Crippen LogP contribution in [-0.2, 0) is 11.2 Å². The van der Waals surface area contributed by atoms with Gasteiger partial charge in [-0.2, -0.15) is 5.26 Å². The molecule has 7 heteroatoms. The van der Waals surface area contributed by atoms with Gasteiger partial charge in [-0.1, -0.05) is 30.8 Å². The Morgan fingerprint density at radius 2 is 2.16 bits per heavy atom. The summed E-state index contributed by atoms with van der Waals surface area (Å²) >= 11 is 1.16. The molecule has 0 unspecified atom stereocenters. The second-order valence-electron chi connectivity index (χ2n) is 5.73. The first-order valence-corrected chi connectivity index (χ1v) is 8.81. The lowest BCUT2D eigenvalue weighted by Crippen LogP contribution is -2.24. The van der Waals surface area contributed by atoms with Crippen LogP contribution in [0.4, 0.5) is 5.69 Å². The highest BCUT2D eigenvalue weighted by Crippen LogP contribution is 2.22. The van der Waals surface area contributed by atoms with E-state index >= 15 is 0 Å². The quantitative estimate of drug-likeness (QED) is 0.634. The molecule has 1 amide bonds. The maximum absolute atomic E-state index is 12.4. The van der Waals surface area contributed by atoms with Crippen LogP contribution in [0, 0.1) is 25.2 Å². The van der Waals surface area contributed by atoms with Crippen molar-refractivity contribution in [3.8, 4) is 6.07 Å². The van der Waals surface area contributed by atoms with Gasteiger partial charge in [0.2, 0.25) is 5.91 Å². The number of thioether (sulfide) groups is 1. The number of hydrogen-bond donors (Lipinski definition) is 2. The number of nitrogens with one attached hydrogen (secondary N) is 2. The Kier molecular flexibility index (Phi) is 5.99. The Labute approximate surface area is 150 Å². The molecule has 0 spiro atoms. The molecule has 0 saturated carbocycles. The third-order valence-corrected chi connectivity index (χ3v) is 4.71. The van der Waals surface area contributed by atoms with Crippen LogP contribution in [0.2, 0.25) is 0 Å². The fraction of sp³-hybridized carbons (Fsp3) is 0.333. The number of aryl methyl sites for hydroxylation is 3. The summed E-state index contributed by atoms with van der Waals surface area (Å²) in [6.07, 6.45) is 0.476. The first-order valence-electron chi connectivity index (χ1n) is 7.93. The zero-order valence-corrected chi connectivity index (χ0v) is 15.5. The van der Waals surface area contributed by atoms with Gasteiger partial charge >= 0.3 is 0 Å². The molecular formula is C18H20N4O2S. The van der Waals surface area contributed by atoms with Gasteiger partial charge < -0.3 is 10.3 Å². The Morgan fingerprint density at radius 3 is 2.80 bits per heavy atom. The molecule has 2 N–H and O–H groups in total. The van der Waals surface area contributed by atoms with Crippen LogP contribution < -0.4 is 10.9 Å². The smallest absolute Gasteiger partial charge is 0.269 e. The van der Waals surface area contributed by atoms with Gasteiger partial charge in [0.1, 0.15) is 11.6 Å². The van der Waals surface area contributed by atoms with Gasteiger partial charge in [-0.25, -0.2) is 4.98 Å². The predicted molar refractivity (Wildman–Crippen MR) is 98.8 cm³/mol. The van der Waals surface area contributed by atoms with E-state index < -0.39 is 10.8 Å². The number of hydrogen-bond acceptors (Lipinski definition) is 5. The number of nitriles is 1. The first kappa shape index (κ1) is 18.7. The van der Waals surface area contributed by atoms with Crippen LogP contribution >= 0.6 is 11.8 Å². The number of anilines is 1. The fourth-order valence-electron chi connectivity index (χ4n) is 2.25. The normalized spacial score (nSPS) is 11.6. The van der Waals surface area contributed by atoms with Gasteiger partial charge in [0, 0.05) is 5.69 Å². The van der Waals surface area contributed by atoms with Crippen LogP contribution in [0.1, 0.15) is 36.2 Å². The van der Waals surface area contributed by atoms with Crippen LogP contribution in [0.5, 0.6) is 0 Å². The van der Waals surface area contributed by atoms with Crippen molar-refractivity contribution < 1.29 is 4.79 Å². The lowest BCUT2D eigenvalue weighted by atomic mass is 10.1. The summed E-state index contributed by atoms with van der Waals surface area (Å²) in [7, 11) is 0. The fourth-order valence-corrected chi connectivity index (χ4v) is 3.07. The second kappa shape index (κ2) is 7.99. The molecule has 1 aromatic carbocycles. The van der Waals surface area contributed by atoms with Crippen molar-refractivity contribution in [2.75, 3.05) is 5.32 Å². The number of H-pyrrole nitrogens is 1. The molecule has 0 saturated heterocycles. The lowest BCUT2D eigenvalue weighted by Gasteiger charge is -2.14. The van der Waals surface area contributed by atoms with Crippen LogP contribution in [0.3, 0.4) is 0 Å². The molecule has 25 heavy (non-hydrogen) atoms. The molecular weight excluding hydrogens is 336 g/mol.